The lowest BCUT2D eigenvalue weighted by Gasteiger charge is -2.60. The molecule has 2 aliphatic heterocycles. The number of hydrogen-bond acceptors (Lipinski definition) is 3. The van der Waals surface area contributed by atoms with Crippen LogP contribution in [0.15, 0.2) is 18.5 Å². The number of halogens is 1. The predicted molar refractivity (Wildman–Crippen MR) is 56.5 cm³/mol. The Morgan fingerprint density at radius 1 is 1.31 bits per heavy atom. The second kappa shape index (κ2) is 3.17. The van der Waals surface area contributed by atoms with Gasteiger partial charge in [-0.05, 0) is 0 Å². The maximum absolute atomic E-state index is 12.9. The summed E-state index contributed by atoms with van der Waals surface area (Å²) >= 11 is 0. The number of likely N-dealkylation sites (tertiary alicyclic amines) is 1. The molecule has 0 N–H and O–H groups in total. The van der Waals surface area contributed by atoms with Gasteiger partial charge in [0.25, 0.3) is 0 Å². The lowest BCUT2D eigenvalue weighted by molar-refractivity contribution is -0.130. The maximum Gasteiger partial charge on any atom is 0.209 e. The van der Waals surface area contributed by atoms with E-state index in [1.54, 1.807) is 11.1 Å². The SMILES string of the molecule is O=CN1CC2(C1)CN(c1cncc(F)c1)C2. The van der Waals surface area contributed by atoms with Crippen molar-refractivity contribution in [1.29, 1.82) is 0 Å². The molecule has 0 unspecified atom stereocenters. The summed E-state index contributed by atoms with van der Waals surface area (Å²) in [6, 6.07) is 1.50. The van der Waals surface area contributed by atoms with E-state index in [4.69, 9.17) is 0 Å². The molecule has 1 aromatic heterocycles. The van der Waals surface area contributed by atoms with Crippen LogP contribution in [0.2, 0.25) is 0 Å². The minimum absolute atomic E-state index is 0.257. The maximum atomic E-state index is 12.9. The highest BCUT2D eigenvalue weighted by Crippen LogP contribution is 2.40. The van der Waals surface area contributed by atoms with Crippen molar-refractivity contribution >= 4 is 12.1 Å². The molecule has 16 heavy (non-hydrogen) atoms. The van der Waals surface area contributed by atoms with Crippen molar-refractivity contribution in [2.45, 2.75) is 0 Å². The van der Waals surface area contributed by atoms with Crippen LogP contribution in [0.4, 0.5) is 10.1 Å². The molecule has 0 saturated carbocycles. The molecule has 0 aliphatic carbocycles. The Hall–Kier alpha value is -1.65. The van der Waals surface area contributed by atoms with Crippen LogP contribution < -0.4 is 4.90 Å². The fourth-order valence-corrected chi connectivity index (χ4v) is 2.61. The topological polar surface area (TPSA) is 36.4 Å². The van der Waals surface area contributed by atoms with Crippen LogP contribution in [-0.2, 0) is 4.79 Å². The van der Waals surface area contributed by atoms with Crippen molar-refractivity contribution in [3.05, 3.63) is 24.3 Å². The number of anilines is 1. The summed E-state index contributed by atoms with van der Waals surface area (Å²) in [6.45, 7) is 3.44. The van der Waals surface area contributed by atoms with Crippen molar-refractivity contribution in [3.63, 3.8) is 0 Å². The molecule has 1 amide bonds. The van der Waals surface area contributed by atoms with Gasteiger partial charge in [-0.25, -0.2) is 4.39 Å². The molecule has 0 atom stereocenters. The van der Waals surface area contributed by atoms with Gasteiger partial charge in [0.15, 0.2) is 0 Å². The highest BCUT2D eigenvalue weighted by atomic mass is 19.1. The summed E-state index contributed by atoms with van der Waals surface area (Å²) in [7, 11) is 0. The van der Waals surface area contributed by atoms with Crippen molar-refractivity contribution < 1.29 is 9.18 Å². The Balaban J connectivity index is 1.64. The Kier molecular flexibility index (Phi) is 1.89. The van der Waals surface area contributed by atoms with Crippen LogP contribution >= 0.6 is 0 Å². The van der Waals surface area contributed by atoms with Gasteiger partial charge >= 0.3 is 0 Å². The zero-order chi connectivity index (χ0) is 11.2. The standard InChI is InChI=1S/C11H12FN3O/c12-9-1-10(3-13-2-9)15-6-11(7-15)4-14(5-11)8-16/h1-3,8H,4-7H2. The summed E-state index contributed by atoms with van der Waals surface area (Å²) in [5.41, 5.74) is 1.09. The van der Waals surface area contributed by atoms with Gasteiger partial charge in [-0.3, -0.25) is 9.78 Å². The molecule has 5 heteroatoms. The first kappa shape index (κ1) is 9.57. The third kappa shape index (κ3) is 1.35. The van der Waals surface area contributed by atoms with Gasteiger partial charge in [-0.1, -0.05) is 0 Å². The molecule has 2 saturated heterocycles. The Morgan fingerprint density at radius 2 is 2.06 bits per heavy atom. The van der Waals surface area contributed by atoms with Crippen molar-refractivity contribution in [2.75, 3.05) is 31.1 Å². The molecule has 4 nitrogen and oxygen atoms in total. The van der Waals surface area contributed by atoms with Crippen LogP contribution in [-0.4, -0.2) is 42.5 Å². The lowest BCUT2D eigenvalue weighted by atomic mass is 9.73. The van der Waals surface area contributed by atoms with E-state index in [0.717, 1.165) is 38.3 Å². The number of hydrogen-bond donors (Lipinski definition) is 0. The smallest absolute Gasteiger partial charge is 0.209 e. The van der Waals surface area contributed by atoms with Gasteiger partial charge in [0, 0.05) is 37.7 Å². The number of pyridine rings is 1. The molecule has 2 aliphatic rings. The molecule has 84 valence electrons. The quantitative estimate of drug-likeness (QED) is 0.682. The van der Waals surface area contributed by atoms with E-state index in [0.29, 0.717) is 0 Å². The van der Waals surface area contributed by atoms with Gasteiger partial charge in [-0.15, -0.1) is 0 Å². The molecule has 3 heterocycles. The van der Waals surface area contributed by atoms with Crippen molar-refractivity contribution in [2.24, 2.45) is 5.41 Å². The van der Waals surface area contributed by atoms with E-state index in [-0.39, 0.29) is 11.2 Å². The largest absolute Gasteiger partial charge is 0.369 e. The minimum atomic E-state index is -0.304. The van der Waals surface area contributed by atoms with Gasteiger partial charge < -0.3 is 9.80 Å². The number of nitrogens with zero attached hydrogens (tertiary/aromatic N) is 3. The average Bonchev–Trinajstić information content (AvgIpc) is 2.14. The van der Waals surface area contributed by atoms with E-state index in [9.17, 15) is 9.18 Å². The second-order valence-corrected chi connectivity index (χ2v) is 4.73. The van der Waals surface area contributed by atoms with E-state index in [1.165, 1.54) is 12.3 Å². The molecule has 0 aromatic carbocycles. The summed E-state index contributed by atoms with van der Waals surface area (Å²) in [5, 5.41) is 0. The van der Waals surface area contributed by atoms with E-state index < -0.39 is 0 Å². The highest BCUT2D eigenvalue weighted by molar-refractivity contribution is 5.54. The Bertz CT molecular complexity index is 423. The monoisotopic (exact) mass is 221 g/mol. The van der Waals surface area contributed by atoms with Crippen LogP contribution in [0, 0.1) is 11.2 Å². The Labute approximate surface area is 92.7 Å². The molecule has 0 bridgehead atoms. The summed E-state index contributed by atoms with van der Waals surface area (Å²) in [5.74, 6) is -0.304. The first-order chi connectivity index (χ1) is 7.71. The lowest BCUT2D eigenvalue weighted by Crippen LogP contribution is -2.71. The van der Waals surface area contributed by atoms with Gasteiger partial charge in [-0.2, -0.15) is 0 Å². The van der Waals surface area contributed by atoms with Crippen molar-refractivity contribution in [3.8, 4) is 0 Å². The van der Waals surface area contributed by atoms with Crippen LogP contribution in [0.5, 0.6) is 0 Å². The van der Waals surface area contributed by atoms with E-state index in [2.05, 4.69) is 9.88 Å². The first-order valence-electron chi connectivity index (χ1n) is 5.26. The second-order valence-electron chi connectivity index (χ2n) is 4.73. The number of aromatic nitrogens is 1. The summed E-state index contributed by atoms with van der Waals surface area (Å²) in [6.07, 6.45) is 3.76. The molecule has 0 radical (unpaired) electrons. The fraction of sp³-hybridized carbons (Fsp3) is 0.455. The summed E-state index contributed by atoms with van der Waals surface area (Å²) < 4.78 is 12.9. The zero-order valence-electron chi connectivity index (χ0n) is 8.77. The van der Waals surface area contributed by atoms with Crippen molar-refractivity contribution in [1.82, 2.24) is 9.88 Å². The number of amides is 1. The van der Waals surface area contributed by atoms with Crippen LogP contribution in [0.1, 0.15) is 0 Å². The molecule has 1 aromatic rings. The van der Waals surface area contributed by atoms with Crippen LogP contribution in [0.3, 0.4) is 0 Å². The third-order valence-electron chi connectivity index (χ3n) is 3.33. The Morgan fingerprint density at radius 3 is 2.69 bits per heavy atom. The van der Waals surface area contributed by atoms with Gasteiger partial charge in [0.2, 0.25) is 6.41 Å². The number of carbonyl (C=O) groups is 1. The minimum Gasteiger partial charge on any atom is -0.369 e. The predicted octanol–water partition coefficient (Wildman–Crippen LogP) is 0.499. The molecular weight excluding hydrogens is 209 g/mol. The molecule has 3 rings (SSSR count). The number of carbonyl (C=O) groups excluding carboxylic acids is 1. The van der Waals surface area contributed by atoms with E-state index in [1.807, 2.05) is 0 Å². The average molecular weight is 221 g/mol. The number of rotatable bonds is 2. The first-order valence-corrected chi connectivity index (χ1v) is 5.26. The molecule has 1 spiro atoms. The molecular formula is C11H12FN3O. The summed E-state index contributed by atoms with van der Waals surface area (Å²) in [4.78, 5) is 18.2. The van der Waals surface area contributed by atoms with E-state index >= 15 is 0 Å². The fourth-order valence-electron chi connectivity index (χ4n) is 2.61. The third-order valence-corrected chi connectivity index (χ3v) is 3.33. The van der Waals surface area contributed by atoms with Gasteiger partial charge in [0.1, 0.15) is 5.82 Å². The molecule has 2 fully saturated rings. The normalized spacial score (nSPS) is 21.6. The highest BCUT2D eigenvalue weighted by Gasteiger charge is 2.51. The zero-order valence-corrected chi connectivity index (χ0v) is 8.77. The van der Waals surface area contributed by atoms with Crippen LogP contribution in [0.25, 0.3) is 0 Å². The van der Waals surface area contributed by atoms with Gasteiger partial charge in [0.05, 0.1) is 18.1 Å².